The zero-order valence-corrected chi connectivity index (χ0v) is 11.5. The number of rotatable bonds is 3. The standard InChI is InChI=1S/C17H19N3/c1-2-4-15-11-13(5-6-14(15)3-1)12-19-17-18-9-10-20(17)16-7-8-16/h1-6,11,16H,7-10,12H2,(H,18,19). The topological polar surface area (TPSA) is 27.6 Å². The maximum absolute atomic E-state index is 4.59. The molecule has 2 aliphatic rings. The van der Waals surface area contributed by atoms with Crippen molar-refractivity contribution in [3.8, 4) is 0 Å². The largest absolute Gasteiger partial charge is 0.352 e. The third-order valence-corrected chi connectivity index (χ3v) is 4.13. The lowest BCUT2D eigenvalue weighted by atomic mass is 10.1. The Balaban J connectivity index is 1.47. The summed E-state index contributed by atoms with van der Waals surface area (Å²) in [6, 6.07) is 15.9. The second-order valence-corrected chi connectivity index (χ2v) is 5.66. The normalized spacial score (nSPS) is 18.4. The molecule has 20 heavy (non-hydrogen) atoms. The van der Waals surface area contributed by atoms with Crippen LogP contribution in [0, 0.1) is 0 Å². The molecule has 1 aliphatic carbocycles. The minimum atomic E-state index is 0.750. The van der Waals surface area contributed by atoms with E-state index in [0.29, 0.717) is 0 Å². The van der Waals surface area contributed by atoms with Gasteiger partial charge in [-0.05, 0) is 35.2 Å². The van der Waals surface area contributed by atoms with Crippen LogP contribution < -0.4 is 5.32 Å². The number of fused-ring (bicyclic) bond motifs is 1. The summed E-state index contributed by atoms with van der Waals surface area (Å²) in [5.74, 6) is 1.10. The van der Waals surface area contributed by atoms with Gasteiger partial charge in [0.05, 0.1) is 6.54 Å². The molecule has 102 valence electrons. The van der Waals surface area contributed by atoms with E-state index in [0.717, 1.165) is 31.6 Å². The molecule has 0 saturated heterocycles. The van der Waals surface area contributed by atoms with Gasteiger partial charge in [-0.1, -0.05) is 36.4 Å². The summed E-state index contributed by atoms with van der Waals surface area (Å²) >= 11 is 0. The first kappa shape index (κ1) is 11.8. The lowest BCUT2D eigenvalue weighted by molar-refractivity contribution is 0.433. The maximum atomic E-state index is 4.59. The lowest BCUT2D eigenvalue weighted by Gasteiger charge is -2.20. The molecular formula is C17H19N3. The van der Waals surface area contributed by atoms with E-state index in [9.17, 15) is 0 Å². The first-order valence-electron chi connectivity index (χ1n) is 7.43. The smallest absolute Gasteiger partial charge is 0.194 e. The molecule has 0 radical (unpaired) electrons. The van der Waals surface area contributed by atoms with Crippen LogP contribution in [0.4, 0.5) is 0 Å². The van der Waals surface area contributed by atoms with Crippen molar-refractivity contribution in [2.24, 2.45) is 4.99 Å². The molecule has 4 rings (SSSR count). The van der Waals surface area contributed by atoms with Crippen molar-refractivity contribution < 1.29 is 0 Å². The number of benzene rings is 2. The summed E-state index contributed by atoms with van der Waals surface area (Å²) in [6.07, 6.45) is 2.66. The van der Waals surface area contributed by atoms with E-state index in [2.05, 4.69) is 57.7 Å². The van der Waals surface area contributed by atoms with Gasteiger partial charge in [-0.25, -0.2) is 0 Å². The van der Waals surface area contributed by atoms with Gasteiger partial charge in [0.25, 0.3) is 0 Å². The van der Waals surface area contributed by atoms with E-state index in [1.807, 2.05) is 0 Å². The van der Waals surface area contributed by atoms with Crippen molar-refractivity contribution in [1.82, 2.24) is 10.2 Å². The fourth-order valence-corrected chi connectivity index (χ4v) is 2.89. The molecule has 2 aromatic rings. The highest BCUT2D eigenvalue weighted by Crippen LogP contribution is 2.28. The van der Waals surface area contributed by atoms with Crippen LogP contribution in [0.5, 0.6) is 0 Å². The van der Waals surface area contributed by atoms with Crippen LogP contribution in [0.3, 0.4) is 0 Å². The van der Waals surface area contributed by atoms with Crippen LogP contribution in [-0.2, 0) is 6.54 Å². The van der Waals surface area contributed by atoms with Crippen molar-refractivity contribution in [2.75, 3.05) is 13.1 Å². The minimum Gasteiger partial charge on any atom is -0.352 e. The molecule has 2 aromatic carbocycles. The maximum Gasteiger partial charge on any atom is 0.194 e. The molecule has 0 amide bonds. The zero-order valence-electron chi connectivity index (χ0n) is 11.5. The SMILES string of the molecule is c1ccc2cc(CNC3=NCCN3C3CC3)ccc2c1. The molecule has 0 aromatic heterocycles. The van der Waals surface area contributed by atoms with Gasteiger partial charge >= 0.3 is 0 Å². The highest BCUT2D eigenvalue weighted by molar-refractivity contribution is 5.84. The number of guanidine groups is 1. The van der Waals surface area contributed by atoms with Crippen LogP contribution in [0.1, 0.15) is 18.4 Å². The molecule has 1 heterocycles. The lowest BCUT2D eigenvalue weighted by Crippen LogP contribution is -2.39. The summed E-state index contributed by atoms with van der Waals surface area (Å²) in [7, 11) is 0. The molecule has 1 saturated carbocycles. The van der Waals surface area contributed by atoms with Crippen LogP contribution in [-0.4, -0.2) is 30.0 Å². The van der Waals surface area contributed by atoms with Crippen molar-refractivity contribution in [3.05, 3.63) is 48.0 Å². The van der Waals surface area contributed by atoms with Gasteiger partial charge in [-0.3, -0.25) is 4.99 Å². The Morgan fingerprint density at radius 1 is 1.10 bits per heavy atom. The van der Waals surface area contributed by atoms with Gasteiger partial charge in [0, 0.05) is 19.1 Å². The van der Waals surface area contributed by atoms with Gasteiger partial charge in [-0.2, -0.15) is 0 Å². The number of nitrogens with zero attached hydrogens (tertiary/aromatic N) is 2. The minimum absolute atomic E-state index is 0.750. The van der Waals surface area contributed by atoms with E-state index in [4.69, 9.17) is 0 Å². The molecule has 0 unspecified atom stereocenters. The Labute approximate surface area is 119 Å². The molecule has 1 aliphatic heterocycles. The first-order chi connectivity index (χ1) is 9.90. The number of nitrogens with one attached hydrogen (secondary N) is 1. The predicted molar refractivity (Wildman–Crippen MR) is 82.8 cm³/mol. The molecule has 0 spiro atoms. The summed E-state index contributed by atoms with van der Waals surface area (Å²) in [5, 5.41) is 6.11. The third-order valence-electron chi connectivity index (χ3n) is 4.13. The molecule has 3 nitrogen and oxygen atoms in total. The van der Waals surface area contributed by atoms with E-state index < -0.39 is 0 Å². The Hall–Kier alpha value is -2.03. The molecule has 1 fully saturated rings. The third kappa shape index (κ3) is 2.24. The zero-order chi connectivity index (χ0) is 13.4. The quantitative estimate of drug-likeness (QED) is 0.924. The monoisotopic (exact) mass is 265 g/mol. The Kier molecular flexibility index (Phi) is 2.84. The van der Waals surface area contributed by atoms with E-state index in [-0.39, 0.29) is 0 Å². The molecule has 1 N–H and O–H groups in total. The summed E-state index contributed by atoms with van der Waals surface area (Å²) < 4.78 is 0. The van der Waals surface area contributed by atoms with Crippen LogP contribution in [0.15, 0.2) is 47.5 Å². The van der Waals surface area contributed by atoms with Crippen molar-refractivity contribution in [1.29, 1.82) is 0 Å². The highest BCUT2D eigenvalue weighted by Gasteiger charge is 2.33. The first-order valence-corrected chi connectivity index (χ1v) is 7.43. The van der Waals surface area contributed by atoms with Gasteiger partial charge in [0.1, 0.15) is 0 Å². The highest BCUT2D eigenvalue weighted by atomic mass is 15.4. The van der Waals surface area contributed by atoms with Crippen LogP contribution in [0.2, 0.25) is 0 Å². The average Bonchev–Trinajstić information content (AvgIpc) is 3.23. The fourth-order valence-electron chi connectivity index (χ4n) is 2.89. The number of hydrogen-bond acceptors (Lipinski definition) is 3. The fraction of sp³-hybridized carbons (Fsp3) is 0.353. The number of aliphatic imine (C=N–C) groups is 1. The van der Waals surface area contributed by atoms with Crippen LogP contribution >= 0.6 is 0 Å². The Morgan fingerprint density at radius 3 is 2.80 bits per heavy atom. The van der Waals surface area contributed by atoms with Gasteiger partial charge in [0.2, 0.25) is 0 Å². The van der Waals surface area contributed by atoms with Crippen molar-refractivity contribution in [3.63, 3.8) is 0 Å². The van der Waals surface area contributed by atoms with Crippen molar-refractivity contribution >= 4 is 16.7 Å². The van der Waals surface area contributed by atoms with Crippen molar-refractivity contribution in [2.45, 2.75) is 25.4 Å². The van der Waals surface area contributed by atoms with Gasteiger partial charge in [-0.15, -0.1) is 0 Å². The van der Waals surface area contributed by atoms with E-state index >= 15 is 0 Å². The summed E-state index contributed by atoms with van der Waals surface area (Å²) in [4.78, 5) is 7.02. The van der Waals surface area contributed by atoms with Gasteiger partial charge in [0.15, 0.2) is 5.96 Å². The molecular weight excluding hydrogens is 246 g/mol. The Bertz CT molecular complexity index is 658. The predicted octanol–water partition coefficient (Wildman–Crippen LogP) is 2.76. The molecule has 0 bridgehead atoms. The summed E-state index contributed by atoms with van der Waals surface area (Å²) in [5.41, 5.74) is 1.31. The summed E-state index contributed by atoms with van der Waals surface area (Å²) in [6.45, 7) is 2.88. The van der Waals surface area contributed by atoms with E-state index in [1.54, 1.807) is 0 Å². The molecule has 0 atom stereocenters. The molecule has 3 heteroatoms. The Morgan fingerprint density at radius 2 is 1.95 bits per heavy atom. The van der Waals surface area contributed by atoms with Crippen LogP contribution in [0.25, 0.3) is 10.8 Å². The second-order valence-electron chi connectivity index (χ2n) is 5.66. The second kappa shape index (κ2) is 4.82. The number of hydrogen-bond donors (Lipinski definition) is 1. The van der Waals surface area contributed by atoms with E-state index in [1.165, 1.54) is 29.2 Å². The average molecular weight is 265 g/mol. The van der Waals surface area contributed by atoms with Gasteiger partial charge < -0.3 is 10.2 Å².